The summed E-state index contributed by atoms with van der Waals surface area (Å²) in [4.78, 5) is 17.6. The third kappa shape index (κ3) is 1.52. The van der Waals surface area contributed by atoms with E-state index >= 15 is 0 Å². The predicted octanol–water partition coefficient (Wildman–Crippen LogP) is 1.34. The number of H-pyrrole nitrogens is 1. The number of hydrogen-bond donors (Lipinski definition) is 2. The van der Waals surface area contributed by atoms with E-state index < -0.39 is 0 Å². The van der Waals surface area contributed by atoms with Crippen LogP contribution in [0.15, 0.2) is 27.8 Å². The Morgan fingerprint density at radius 3 is 2.93 bits per heavy atom. The fourth-order valence-corrected chi connectivity index (χ4v) is 1.24. The minimum atomic E-state index is -0.366. The van der Waals surface area contributed by atoms with Crippen molar-refractivity contribution >= 4 is 22.6 Å². The summed E-state index contributed by atoms with van der Waals surface area (Å²) in [6.07, 6.45) is 2.90. The molecule has 0 saturated heterocycles. The van der Waals surface area contributed by atoms with Gasteiger partial charge in [-0.05, 0) is 28.7 Å². The molecule has 0 aliphatic rings. The molecule has 5 nitrogen and oxygen atoms in total. The molecule has 0 amide bonds. The van der Waals surface area contributed by atoms with Crippen LogP contribution in [0.4, 0.5) is 0 Å². The summed E-state index contributed by atoms with van der Waals surface area (Å²) in [6, 6.07) is 1.64. The van der Waals surface area contributed by atoms with E-state index in [2.05, 4.69) is 9.97 Å². The second kappa shape index (κ2) is 3.45. The quantitative estimate of drug-likeness (QED) is 0.779. The lowest BCUT2D eigenvalue weighted by molar-refractivity contribution is 0.447. The van der Waals surface area contributed by atoms with Gasteiger partial charge in [0.1, 0.15) is 15.7 Å². The normalized spacial score (nSPS) is 10.4. The van der Waals surface area contributed by atoms with Crippen molar-refractivity contribution in [3.63, 3.8) is 0 Å². The van der Waals surface area contributed by atoms with Gasteiger partial charge >= 0.3 is 0 Å². The molecule has 2 N–H and O–H groups in total. The first-order chi connectivity index (χ1) is 6.68. The molecule has 14 heavy (non-hydrogen) atoms. The van der Waals surface area contributed by atoms with Crippen LogP contribution >= 0.6 is 22.6 Å². The van der Waals surface area contributed by atoms with Gasteiger partial charge in [0.05, 0.1) is 11.8 Å². The van der Waals surface area contributed by atoms with Gasteiger partial charge in [-0.1, -0.05) is 0 Å². The Kier molecular flexibility index (Phi) is 2.28. The molecule has 6 heteroatoms. The largest absolute Gasteiger partial charge is 0.492 e. The summed E-state index contributed by atoms with van der Waals surface area (Å²) < 4.78 is 5.01. The number of furan rings is 1. The number of hydrogen-bond acceptors (Lipinski definition) is 4. The number of aromatic hydroxyl groups is 1. The van der Waals surface area contributed by atoms with E-state index in [0.29, 0.717) is 11.4 Å². The molecule has 0 aliphatic heterocycles. The van der Waals surface area contributed by atoms with Crippen molar-refractivity contribution in [3.05, 3.63) is 32.5 Å². The Bertz CT molecular complexity index is 504. The molecule has 2 rings (SSSR count). The predicted molar refractivity (Wildman–Crippen MR) is 56.9 cm³/mol. The van der Waals surface area contributed by atoms with Crippen LogP contribution in [-0.2, 0) is 0 Å². The summed E-state index contributed by atoms with van der Waals surface area (Å²) in [5, 5.41) is 9.31. The topological polar surface area (TPSA) is 79.1 Å². The van der Waals surface area contributed by atoms with Gasteiger partial charge in [-0.3, -0.25) is 4.79 Å². The molecular formula is C8H5IN2O3. The zero-order chi connectivity index (χ0) is 10.1. The van der Waals surface area contributed by atoms with Gasteiger partial charge in [-0.25, -0.2) is 0 Å². The number of nitrogens with one attached hydrogen (secondary N) is 1. The average Bonchev–Trinajstić information content (AvgIpc) is 2.66. The van der Waals surface area contributed by atoms with Crippen molar-refractivity contribution < 1.29 is 9.52 Å². The van der Waals surface area contributed by atoms with E-state index in [1.54, 1.807) is 28.7 Å². The maximum absolute atomic E-state index is 11.3. The highest BCUT2D eigenvalue weighted by molar-refractivity contribution is 14.1. The third-order valence-corrected chi connectivity index (χ3v) is 2.61. The molecule has 0 spiro atoms. The summed E-state index contributed by atoms with van der Waals surface area (Å²) in [7, 11) is 0. The number of halogens is 1. The minimum absolute atomic E-state index is 0.176. The smallest absolute Gasteiger partial charge is 0.268 e. The van der Waals surface area contributed by atoms with Crippen LogP contribution in [0, 0.1) is 3.57 Å². The molecule has 0 atom stereocenters. The molecule has 0 fully saturated rings. The average molecular weight is 304 g/mol. The van der Waals surface area contributed by atoms with Crippen molar-refractivity contribution in [1.82, 2.24) is 9.97 Å². The molecule has 0 aromatic carbocycles. The monoisotopic (exact) mass is 304 g/mol. The summed E-state index contributed by atoms with van der Waals surface area (Å²) in [5.74, 6) is 0.0206. The Balaban J connectivity index is 2.63. The van der Waals surface area contributed by atoms with Crippen LogP contribution in [0.5, 0.6) is 5.88 Å². The standard InChI is InChI=1S/C8H5IN2O3/c9-5-7(12)10-6(11-8(5)13)4-1-2-14-3-4/h1-3H,(H2,10,11,12,13). The molecule has 0 unspecified atom stereocenters. The third-order valence-electron chi connectivity index (χ3n) is 1.64. The van der Waals surface area contributed by atoms with Crippen LogP contribution in [-0.4, -0.2) is 15.1 Å². The van der Waals surface area contributed by atoms with Gasteiger partial charge < -0.3 is 14.5 Å². The zero-order valence-electron chi connectivity index (χ0n) is 6.82. The van der Waals surface area contributed by atoms with Gasteiger partial charge in [-0.15, -0.1) is 0 Å². The summed E-state index contributed by atoms with van der Waals surface area (Å²) in [5.41, 5.74) is 0.253. The first-order valence-electron chi connectivity index (χ1n) is 3.70. The fourth-order valence-electron chi connectivity index (χ4n) is 0.983. The molecule has 2 aromatic rings. The molecular weight excluding hydrogens is 299 g/mol. The van der Waals surface area contributed by atoms with E-state index in [1.807, 2.05) is 0 Å². The van der Waals surface area contributed by atoms with Gasteiger partial charge in [-0.2, -0.15) is 4.98 Å². The van der Waals surface area contributed by atoms with Gasteiger partial charge in [0.15, 0.2) is 0 Å². The Labute approximate surface area is 91.9 Å². The Morgan fingerprint density at radius 1 is 1.57 bits per heavy atom. The van der Waals surface area contributed by atoms with Crippen molar-refractivity contribution in [3.8, 4) is 17.3 Å². The van der Waals surface area contributed by atoms with E-state index in [1.165, 1.54) is 12.5 Å². The van der Waals surface area contributed by atoms with Crippen LogP contribution in [0.2, 0.25) is 0 Å². The van der Waals surface area contributed by atoms with Crippen LogP contribution in [0.1, 0.15) is 0 Å². The van der Waals surface area contributed by atoms with Gasteiger partial charge in [0, 0.05) is 0 Å². The number of aromatic amines is 1. The molecule has 0 aliphatic carbocycles. The van der Waals surface area contributed by atoms with E-state index in [0.717, 1.165) is 0 Å². The highest BCUT2D eigenvalue weighted by atomic mass is 127. The van der Waals surface area contributed by atoms with E-state index in [4.69, 9.17) is 4.42 Å². The van der Waals surface area contributed by atoms with Crippen LogP contribution in [0.3, 0.4) is 0 Å². The molecule has 0 saturated carbocycles. The van der Waals surface area contributed by atoms with Crippen molar-refractivity contribution in [2.24, 2.45) is 0 Å². The first kappa shape index (κ1) is 9.25. The first-order valence-corrected chi connectivity index (χ1v) is 4.77. The number of rotatable bonds is 1. The lowest BCUT2D eigenvalue weighted by Gasteiger charge is -1.98. The van der Waals surface area contributed by atoms with Crippen LogP contribution < -0.4 is 5.56 Å². The van der Waals surface area contributed by atoms with Gasteiger partial charge in [0.25, 0.3) is 5.56 Å². The zero-order valence-corrected chi connectivity index (χ0v) is 8.98. The summed E-state index contributed by atoms with van der Waals surface area (Å²) in [6.45, 7) is 0. The Hall–Kier alpha value is -1.31. The van der Waals surface area contributed by atoms with Crippen molar-refractivity contribution in [2.75, 3.05) is 0 Å². The Morgan fingerprint density at radius 2 is 2.36 bits per heavy atom. The minimum Gasteiger partial charge on any atom is -0.492 e. The lowest BCUT2D eigenvalue weighted by atomic mass is 10.3. The fraction of sp³-hybridized carbons (Fsp3) is 0. The number of nitrogens with zero attached hydrogens (tertiary/aromatic N) is 1. The molecule has 0 radical (unpaired) electrons. The van der Waals surface area contributed by atoms with Gasteiger partial charge in [0.2, 0.25) is 5.88 Å². The van der Waals surface area contributed by atoms with E-state index in [9.17, 15) is 9.90 Å². The lowest BCUT2D eigenvalue weighted by Crippen LogP contribution is -2.12. The summed E-state index contributed by atoms with van der Waals surface area (Å²) >= 11 is 1.72. The molecule has 72 valence electrons. The maximum atomic E-state index is 11.3. The highest BCUT2D eigenvalue weighted by Crippen LogP contribution is 2.18. The molecule has 0 bridgehead atoms. The second-order valence-corrected chi connectivity index (χ2v) is 3.64. The molecule has 2 heterocycles. The highest BCUT2D eigenvalue weighted by Gasteiger charge is 2.09. The number of aromatic nitrogens is 2. The molecule has 2 aromatic heterocycles. The maximum Gasteiger partial charge on any atom is 0.268 e. The van der Waals surface area contributed by atoms with E-state index in [-0.39, 0.29) is 15.0 Å². The second-order valence-electron chi connectivity index (χ2n) is 2.56. The van der Waals surface area contributed by atoms with Crippen LogP contribution in [0.25, 0.3) is 11.4 Å². The SMILES string of the molecule is O=c1[nH]c(-c2ccoc2)nc(O)c1I. The van der Waals surface area contributed by atoms with Crippen molar-refractivity contribution in [1.29, 1.82) is 0 Å². The van der Waals surface area contributed by atoms with Crippen molar-refractivity contribution in [2.45, 2.75) is 0 Å².